The lowest BCUT2D eigenvalue weighted by Gasteiger charge is -2.08. The zero-order valence-electron chi connectivity index (χ0n) is 10.8. The number of nitrogens with two attached hydrogens (primary N) is 1. The van der Waals surface area contributed by atoms with E-state index in [4.69, 9.17) is 5.73 Å². The van der Waals surface area contributed by atoms with Crippen LogP contribution in [-0.2, 0) is 10.0 Å². The Bertz CT molecular complexity index is 813. The minimum atomic E-state index is -4.25. The number of carbonyl (C=O) groups is 1. The molecule has 0 saturated carbocycles. The topological polar surface area (TPSA) is 89.3 Å². The van der Waals surface area contributed by atoms with E-state index < -0.39 is 38.9 Å². The van der Waals surface area contributed by atoms with Gasteiger partial charge in [0.05, 0.1) is 4.90 Å². The molecule has 0 aromatic heterocycles. The molecule has 1 amide bonds. The van der Waals surface area contributed by atoms with Gasteiger partial charge in [-0.1, -0.05) is 0 Å². The van der Waals surface area contributed by atoms with Crippen molar-refractivity contribution < 1.29 is 26.4 Å². The Morgan fingerprint density at radius 2 is 1.50 bits per heavy atom. The van der Waals surface area contributed by atoms with E-state index in [1.807, 2.05) is 0 Å². The molecule has 0 saturated heterocycles. The van der Waals surface area contributed by atoms with Crippen LogP contribution in [0, 0.1) is 17.5 Å². The summed E-state index contributed by atoms with van der Waals surface area (Å²) in [6.45, 7) is 0. The first-order valence-corrected chi connectivity index (χ1v) is 7.26. The second kappa shape index (κ2) is 5.68. The average molecular weight is 330 g/mol. The maximum absolute atomic E-state index is 13.0. The zero-order valence-corrected chi connectivity index (χ0v) is 11.6. The van der Waals surface area contributed by atoms with Crippen LogP contribution in [0.1, 0.15) is 10.4 Å². The highest BCUT2D eigenvalue weighted by Crippen LogP contribution is 2.15. The molecule has 0 unspecified atom stereocenters. The van der Waals surface area contributed by atoms with Crippen molar-refractivity contribution in [2.45, 2.75) is 4.90 Å². The van der Waals surface area contributed by atoms with Crippen molar-refractivity contribution in [1.82, 2.24) is 4.72 Å². The quantitative estimate of drug-likeness (QED) is 0.663. The summed E-state index contributed by atoms with van der Waals surface area (Å²) in [5, 5.41) is 0. The molecule has 0 bridgehead atoms. The molecule has 0 atom stereocenters. The Balaban J connectivity index is 2.30. The first-order valence-electron chi connectivity index (χ1n) is 5.78. The summed E-state index contributed by atoms with van der Waals surface area (Å²) in [5.41, 5.74) is 5.05. The Morgan fingerprint density at radius 3 is 2.00 bits per heavy atom. The van der Waals surface area contributed by atoms with Gasteiger partial charge in [0, 0.05) is 11.3 Å². The molecule has 0 fully saturated rings. The zero-order chi connectivity index (χ0) is 16.5. The highest BCUT2D eigenvalue weighted by Gasteiger charge is 2.21. The second-order valence-corrected chi connectivity index (χ2v) is 5.94. The van der Waals surface area contributed by atoms with Crippen LogP contribution in [0.15, 0.2) is 41.3 Å². The summed E-state index contributed by atoms with van der Waals surface area (Å²) in [5.74, 6) is -6.25. The normalized spacial score (nSPS) is 11.2. The largest absolute Gasteiger partial charge is 0.399 e. The summed E-state index contributed by atoms with van der Waals surface area (Å²) in [7, 11) is -4.25. The molecule has 0 heterocycles. The molecular formula is C13H9F3N2O3S. The third-order valence-corrected chi connectivity index (χ3v) is 4.01. The molecule has 0 aliphatic carbocycles. The summed E-state index contributed by atoms with van der Waals surface area (Å²) in [6, 6.07) is 5.69. The smallest absolute Gasteiger partial charge is 0.265 e. The Hall–Kier alpha value is -2.55. The van der Waals surface area contributed by atoms with Gasteiger partial charge in [0.25, 0.3) is 15.9 Å². The van der Waals surface area contributed by atoms with Crippen LogP contribution in [0.25, 0.3) is 0 Å². The van der Waals surface area contributed by atoms with Gasteiger partial charge < -0.3 is 5.73 Å². The number of rotatable bonds is 3. The molecule has 0 spiro atoms. The fourth-order valence-corrected chi connectivity index (χ4v) is 2.55. The van der Waals surface area contributed by atoms with Crippen molar-refractivity contribution in [2.24, 2.45) is 0 Å². The summed E-state index contributed by atoms with van der Waals surface area (Å²) in [6.07, 6.45) is 0. The van der Waals surface area contributed by atoms with Crippen LogP contribution in [-0.4, -0.2) is 14.3 Å². The van der Waals surface area contributed by atoms with Crippen molar-refractivity contribution in [3.8, 4) is 0 Å². The Kier molecular flexibility index (Phi) is 4.09. The molecular weight excluding hydrogens is 321 g/mol. The number of halogens is 3. The van der Waals surface area contributed by atoms with Crippen molar-refractivity contribution in [3.63, 3.8) is 0 Å². The lowest BCUT2D eigenvalue weighted by Crippen LogP contribution is -2.30. The van der Waals surface area contributed by atoms with Gasteiger partial charge in [-0.15, -0.1) is 0 Å². The predicted molar refractivity (Wildman–Crippen MR) is 71.8 cm³/mol. The Labute approximate surface area is 123 Å². The van der Waals surface area contributed by atoms with E-state index in [-0.39, 0.29) is 4.90 Å². The van der Waals surface area contributed by atoms with Crippen LogP contribution in [0.3, 0.4) is 0 Å². The number of benzene rings is 2. The van der Waals surface area contributed by atoms with E-state index >= 15 is 0 Å². The summed E-state index contributed by atoms with van der Waals surface area (Å²) in [4.78, 5) is 11.5. The van der Waals surface area contributed by atoms with Gasteiger partial charge in [0.2, 0.25) is 0 Å². The van der Waals surface area contributed by atoms with E-state index in [2.05, 4.69) is 0 Å². The Morgan fingerprint density at radius 1 is 1.00 bits per heavy atom. The van der Waals surface area contributed by atoms with Crippen molar-refractivity contribution >= 4 is 21.6 Å². The van der Waals surface area contributed by atoms with Crippen molar-refractivity contribution in [1.29, 1.82) is 0 Å². The first-order chi connectivity index (χ1) is 10.2. The fourth-order valence-electron chi connectivity index (χ4n) is 1.57. The number of carbonyl (C=O) groups excluding carboxylic acids is 1. The number of amides is 1. The van der Waals surface area contributed by atoms with Crippen molar-refractivity contribution in [2.75, 3.05) is 5.73 Å². The molecule has 2 rings (SSSR count). The molecule has 2 aromatic carbocycles. The third kappa shape index (κ3) is 3.19. The van der Waals surface area contributed by atoms with Gasteiger partial charge in [0.15, 0.2) is 17.5 Å². The average Bonchev–Trinajstić information content (AvgIpc) is 2.44. The standard InChI is InChI=1S/C13H9F3N2O3S/c14-10-5-7(6-11(15)12(10)16)13(19)18-22(20,21)9-3-1-8(17)2-4-9/h1-6H,17H2,(H,18,19). The fraction of sp³-hybridized carbons (Fsp3) is 0. The lowest BCUT2D eigenvalue weighted by molar-refractivity contribution is 0.0980. The van der Waals surface area contributed by atoms with E-state index in [1.54, 1.807) is 4.72 Å². The summed E-state index contributed by atoms with van der Waals surface area (Å²) < 4.78 is 64.4. The van der Waals surface area contributed by atoms with Crippen LogP contribution in [0.4, 0.5) is 18.9 Å². The molecule has 22 heavy (non-hydrogen) atoms. The molecule has 0 aliphatic rings. The van der Waals surface area contributed by atoms with Gasteiger partial charge >= 0.3 is 0 Å². The molecule has 5 nitrogen and oxygen atoms in total. The van der Waals surface area contributed by atoms with Gasteiger partial charge in [-0.2, -0.15) is 0 Å². The molecule has 0 radical (unpaired) electrons. The molecule has 3 N–H and O–H groups in total. The van der Waals surface area contributed by atoms with Gasteiger partial charge in [-0.25, -0.2) is 26.3 Å². The maximum atomic E-state index is 13.0. The number of sulfonamides is 1. The second-order valence-electron chi connectivity index (χ2n) is 4.26. The van der Waals surface area contributed by atoms with E-state index in [9.17, 15) is 26.4 Å². The molecule has 0 aliphatic heterocycles. The van der Waals surface area contributed by atoms with Crippen LogP contribution >= 0.6 is 0 Å². The molecule has 2 aromatic rings. The van der Waals surface area contributed by atoms with E-state index in [0.717, 1.165) is 12.1 Å². The number of hydrogen-bond donors (Lipinski definition) is 2. The number of nitrogen functional groups attached to an aromatic ring is 1. The van der Waals surface area contributed by atoms with Crippen molar-refractivity contribution in [3.05, 3.63) is 59.4 Å². The lowest BCUT2D eigenvalue weighted by atomic mass is 10.2. The van der Waals surface area contributed by atoms with Crippen LogP contribution in [0.5, 0.6) is 0 Å². The minimum absolute atomic E-state index is 0.266. The molecule has 116 valence electrons. The monoisotopic (exact) mass is 330 g/mol. The summed E-state index contributed by atoms with van der Waals surface area (Å²) >= 11 is 0. The third-order valence-electron chi connectivity index (χ3n) is 2.66. The highest BCUT2D eigenvalue weighted by atomic mass is 32.2. The minimum Gasteiger partial charge on any atom is -0.399 e. The highest BCUT2D eigenvalue weighted by molar-refractivity contribution is 7.90. The number of hydrogen-bond acceptors (Lipinski definition) is 4. The van der Waals surface area contributed by atoms with Gasteiger partial charge in [-0.05, 0) is 36.4 Å². The molecule has 9 heteroatoms. The maximum Gasteiger partial charge on any atom is 0.265 e. The van der Waals surface area contributed by atoms with Crippen LogP contribution < -0.4 is 10.5 Å². The van der Waals surface area contributed by atoms with Crippen LogP contribution in [0.2, 0.25) is 0 Å². The SMILES string of the molecule is Nc1ccc(S(=O)(=O)NC(=O)c2cc(F)c(F)c(F)c2)cc1. The van der Waals surface area contributed by atoms with Gasteiger partial charge in [-0.3, -0.25) is 4.79 Å². The number of anilines is 1. The van der Waals surface area contributed by atoms with E-state index in [1.165, 1.54) is 12.1 Å². The van der Waals surface area contributed by atoms with E-state index in [0.29, 0.717) is 17.8 Å². The number of nitrogens with one attached hydrogen (secondary N) is 1. The first kappa shape index (κ1) is 15.8. The predicted octanol–water partition coefficient (Wildman–Crippen LogP) is 1.80. The van der Waals surface area contributed by atoms with Gasteiger partial charge in [0.1, 0.15) is 0 Å².